The van der Waals surface area contributed by atoms with Crippen molar-refractivity contribution in [3.05, 3.63) is 65.2 Å². The molecule has 0 spiro atoms. The van der Waals surface area contributed by atoms with E-state index in [-0.39, 0.29) is 25.0 Å². The number of methoxy groups -OCH3 is 1. The molecular formula is C22H25N2O5+. The number of para-hydroxylation sites is 1. The average Bonchev–Trinajstić information content (AvgIpc) is 2.73. The van der Waals surface area contributed by atoms with E-state index >= 15 is 0 Å². The van der Waals surface area contributed by atoms with Crippen LogP contribution < -0.4 is 10.2 Å². The Morgan fingerprint density at radius 1 is 1.07 bits per heavy atom. The van der Waals surface area contributed by atoms with Crippen LogP contribution in [0.4, 0.5) is 5.69 Å². The summed E-state index contributed by atoms with van der Waals surface area (Å²) in [5.41, 5.74) is 2.90. The van der Waals surface area contributed by atoms with Crippen LogP contribution >= 0.6 is 0 Å². The molecule has 0 aromatic heterocycles. The topological polar surface area (TPSA) is 86.1 Å². The van der Waals surface area contributed by atoms with E-state index in [0.717, 1.165) is 16.0 Å². The third kappa shape index (κ3) is 4.81. The Kier molecular flexibility index (Phi) is 6.61. The molecule has 1 heterocycles. The molecule has 0 fully saturated rings. The van der Waals surface area contributed by atoms with Crippen molar-refractivity contribution in [1.82, 2.24) is 0 Å². The third-order valence-electron chi connectivity index (χ3n) is 5.02. The van der Waals surface area contributed by atoms with Crippen molar-refractivity contribution >= 4 is 23.5 Å². The number of benzene rings is 2. The predicted molar refractivity (Wildman–Crippen MR) is 107 cm³/mol. The van der Waals surface area contributed by atoms with Crippen molar-refractivity contribution in [2.45, 2.75) is 25.9 Å². The summed E-state index contributed by atoms with van der Waals surface area (Å²) >= 11 is 0. The first kappa shape index (κ1) is 20.5. The number of quaternary nitrogens is 1. The number of carbonyl (C=O) groups is 3. The highest BCUT2D eigenvalue weighted by Crippen LogP contribution is 2.17. The largest absolute Gasteiger partial charge is 0.465 e. The normalized spacial score (nSPS) is 17.7. The lowest BCUT2D eigenvalue weighted by atomic mass is 9.94. The van der Waals surface area contributed by atoms with E-state index < -0.39 is 12.0 Å². The lowest BCUT2D eigenvalue weighted by Crippen LogP contribution is -3.17. The molecule has 0 bridgehead atoms. The number of fused-ring (bicyclic) bond motifs is 1. The van der Waals surface area contributed by atoms with Gasteiger partial charge in [-0.15, -0.1) is 0 Å². The van der Waals surface area contributed by atoms with Crippen molar-refractivity contribution in [3.8, 4) is 0 Å². The van der Waals surface area contributed by atoms with Crippen LogP contribution in [0.1, 0.15) is 28.4 Å². The summed E-state index contributed by atoms with van der Waals surface area (Å²) in [6.07, 6.45) is 0.519. The highest BCUT2D eigenvalue weighted by atomic mass is 16.5. The van der Waals surface area contributed by atoms with Gasteiger partial charge in [-0.2, -0.15) is 0 Å². The maximum absolute atomic E-state index is 12.7. The number of nitrogens with one attached hydrogen (secondary N) is 2. The highest BCUT2D eigenvalue weighted by Gasteiger charge is 2.37. The summed E-state index contributed by atoms with van der Waals surface area (Å²) < 4.78 is 10.0. The Balaban J connectivity index is 1.76. The Morgan fingerprint density at radius 2 is 1.76 bits per heavy atom. The Morgan fingerprint density at radius 3 is 2.48 bits per heavy atom. The van der Waals surface area contributed by atoms with E-state index in [0.29, 0.717) is 24.2 Å². The second-order valence-electron chi connectivity index (χ2n) is 6.87. The average molecular weight is 397 g/mol. The number of hydrogen-bond acceptors (Lipinski definition) is 5. The van der Waals surface area contributed by atoms with Crippen molar-refractivity contribution in [2.24, 2.45) is 0 Å². The van der Waals surface area contributed by atoms with Crippen molar-refractivity contribution in [1.29, 1.82) is 0 Å². The summed E-state index contributed by atoms with van der Waals surface area (Å²) in [5, 5.41) is 2.79. The molecule has 2 atom stereocenters. The van der Waals surface area contributed by atoms with Gasteiger partial charge in [0.1, 0.15) is 6.54 Å². The Hall–Kier alpha value is -3.19. The van der Waals surface area contributed by atoms with Crippen LogP contribution in [0.5, 0.6) is 0 Å². The van der Waals surface area contributed by atoms with Gasteiger partial charge in [-0.3, -0.25) is 4.79 Å². The number of ether oxygens (including phenoxy) is 2. The fraction of sp³-hybridized carbons (Fsp3) is 0.318. The molecule has 1 amide bonds. The van der Waals surface area contributed by atoms with Gasteiger partial charge < -0.3 is 19.7 Å². The summed E-state index contributed by atoms with van der Waals surface area (Å²) in [6.45, 7) is 2.59. The molecule has 7 heteroatoms. The van der Waals surface area contributed by atoms with Gasteiger partial charge in [0.05, 0.1) is 25.0 Å². The molecule has 2 aromatic rings. The minimum atomic E-state index is -0.491. The van der Waals surface area contributed by atoms with E-state index in [1.807, 2.05) is 24.3 Å². The van der Waals surface area contributed by atoms with Crippen LogP contribution in [0.25, 0.3) is 0 Å². The van der Waals surface area contributed by atoms with Crippen LogP contribution in [0.2, 0.25) is 0 Å². The first-order valence-electron chi connectivity index (χ1n) is 9.58. The molecule has 1 aliphatic heterocycles. The number of esters is 2. The molecule has 3 rings (SSSR count). The van der Waals surface area contributed by atoms with Crippen LogP contribution in [-0.2, 0) is 32.0 Å². The summed E-state index contributed by atoms with van der Waals surface area (Å²) in [4.78, 5) is 38.0. The second kappa shape index (κ2) is 9.34. The van der Waals surface area contributed by atoms with Gasteiger partial charge in [0.25, 0.3) is 5.91 Å². The Labute approximate surface area is 169 Å². The second-order valence-corrected chi connectivity index (χ2v) is 6.87. The quantitative estimate of drug-likeness (QED) is 0.710. The van der Waals surface area contributed by atoms with Crippen LogP contribution in [0, 0.1) is 0 Å². The minimum Gasteiger partial charge on any atom is -0.465 e. The van der Waals surface area contributed by atoms with Gasteiger partial charge in [-0.25, -0.2) is 9.59 Å². The zero-order valence-electron chi connectivity index (χ0n) is 16.6. The highest BCUT2D eigenvalue weighted by molar-refractivity contribution is 6.01. The molecule has 7 nitrogen and oxygen atoms in total. The van der Waals surface area contributed by atoms with E-state index in [9.17, 15) is 14.4 Å². The molecule has 29 heavy (non-hydrogen) atoms. The molecule has 1 aliphatic rings. The van der Waals surface area contributed by atoms with Gasteiger partial charge >= 0.3 is 11.9 Å². The molecule has 0 aliphatic carbocycles. The van der Waals surface area contributed by atoms with Gasteiger partial charge in [0.15, 0.2) is 12.6 Å². The van der Waals surface area contributed by atoms with Crippen molar-refractivity contribution in [2.75, 3.05) is 25.6 Å². The van der Waals surface area contributed by atoms with Crippen molar-refractivity contribution in [3.63, 3.8) is 0 Å². The van der Waals surface area contributed by atoms with Crippen LogP contribution in [0.15, 0.2) is 48.5 Å². The number of carbonyl (C=O) groups excluding carboxylic acids is 3. The first-order chi connectivity index (χ1) is 14.0. The summed E-state index contributed by atoms with van der Waals surface area (Å²) in [5.74, 6) is -1.12. The van der Waals surface area contributed by atoms with Gasteiger partial charge in [0, 0.05) is 12.0 Å². The molecule has 1 unspecified atom stereocenters. The monoisotopic (exact) mass is 397 g/mol. The van der Waals surface area contributed by atoms with Gasteiger partial charge in [0.2, 0.25) is 0 Å². The molecule has 2 aromatic carbocycles. The fourth-order valence-electron chi connectivity index (χ4n) is 3.62. The van der Waals surface area contributed by atoms with Crippen molar-refractivity contribution < 1.29 is 28.8 Å². The standard InChI is InChI=1S/C22H24N2O5/c1-3-29-21(26)17-10-6-7-11-18(17)23-20(25)14-24-13-16-9-5-4-8-15(16)12-19(24)22(27)28-2/h4-11,19H,3,12-14H2,1-2H3,(H,23,25)/p+1/t19-/m1/s1. The molecule has 0 saturated carbocycles. The number of hydrogen-bond donors (Lipinski definition) is 2. The molecule has 0 radical (unpaired) electrons. The van der Waals surface area contributed by atoms with Gasteiger partial charge in [-0.05, 0) is 24.6 Å². The van der Waals surface area contributed by atoms with Gasteiger partial charge in [-0.1, -0.05) is 36.4 Å². The zero-order chi connectivity index (χ0) is 20.8. The number of amides is 1. The lowest BCUT2D eigenvalue weighted by molar-refractivity contribution is -0.924. The first-order valence-corrected chi connectivity index (χ1v) is 9.58. The lowest BCUT2D eigenvalue weighted by Gasteiger charge is -2.31. The van der Waals surface area contributed by atoms with E-state index in [1.165, 1.54) is 7.11 Å². The van der Waals surface area contributed by atoms with Crippen LogP contribution in [-0.4, -0.2) is 44.1 Å². The molecule has 152 valence electrons. The summed E-state index contributed by atoms with van der Waals surface area (Å²) in [7, 11) is 1.36. The maximum atomic E-state index is 12.7. The van der Waals surface area contributed by atoms with E-state index in [1.54, 1.807) is 31.2 Å². The molecule has 2 N–H and O–H groups in total. The Bertz CT molecular complexity index is 912. The zero-order valence-corrected chi connectivity index (χ0v) is 16.6. The van der Waals surface area contributed by atoms with E-state index in [2.05, 4.69) is 5.32 Å². The fourth-order valence-corrected chi connectivity index (χ4v) is 3.62. The number of anilines is 1. The third-order valence-corrected chi connectivity index (χ3v) is 5.02. The molecular weight excluding hydrogens is 372 g/mol. The summed E-state index contributed by atoms with van der Waals surface area (Å²) in [6, 6.07) is 14.1. The number of rotatable bonds is 6. The predicted octanol–water partition coefficient (Wildman–Crippen LogP) is 0.985. The maximum Gasteiger partial charge on any atom is 0.365 e. The smallest absolute Gasteiger partial charge is 0.365 e. The minimum absolute atomic E-state index is 0.0747. The SMILES string of the molecule is CCOC(=O)c1ccccc1NC(=O)C[NH+]1Cc2ccccc2C[C@@H]1C(=O)OC. The molecule has 0 saturated heterocycles. The van der Waals surface area contributed by atoms with Crippen LogP contribution in [0.3, 0.4) is 0 Å². The van der Waals surface area contributed by atoms with E-state index in [4.69, 9.17) is 9.47 Å².